The smallest absolute Gasteiger partial charge is 0.335 e. The first-order chi connectivity index (χ1) is 6.56. The Morgan fingerprint density at radius 3 is 2.50 bits per heavy atom. The molecule has 5 nitrogen and oxygen atoms in total. The molecule has 0 amide bonds. The molecule has 0 saturated heterocycles. The summed E-state index contributed by atoms with van der Waals surface area (Å²) in [5.41, 5.74) is -1.22. The van der Waals surface area contributed by atoms with Gasteiger partial charge in [0, 0.05) is 26.7 Å². The quantitative estimate of drug-likeness (QED) is 0.557. The minimum atomic E-state index is -1.22. The standard InChI is InChI=1S/C9H18O5/c1-9(8(11)12,4-7-13-2)14-6-3-5-10/h10H,3-7H2,1-2H3,(H,11,12). The first-order valence-corrected chi connectivity index (χ1v) is 4.54. The van der Waals surface area contributed by atoms with Crippen LogP contribution in [0.25, 0.3) is 0 Å². The summed E-state index contributed by atoms with van der Waals surface area (Å²) in [7, 11) is 1.51. The zero-order valence-electron chi connectivity index (χ0n) is 8.65. The Hall–Kier alpha value is -0.650. The molecule has 0 aromatic heterocycles. The number of methoxy groups -OCH3 is 1. The molecule has 1 atom stereocenters. The molecule has 0 aliphatic carbocycles. The molecule has 0 radical (unpaired) electrons. The number of aliphatic hydroxyl groups is 1. The second-order valence-corrected chi connectivity index (χ2v) is 3.20. The average molecular weight is 206 g/mol. The van der Waals surface area contributed by atoms with E-state index >= 15 is 0 Å². The number of carboxylic acid groups (broad SMARTS) is 1. The van der Waals surface area contributed by atoms with Crippen LogP contribution < -0.4 is 0 Å². The molecule has 5 heteroatoms. The van der Waals surface area contributed by atoms with Gasteiger partial charge in [0.1, 0.15) is 0 Å². The predicted octanol–water partition coefficient (Wildman–Crippen LogP) is 0.265. The summed E-state index contributed by atoms with van der Waals surface area (Å²) in [4.78, 5) is 10.9. The van der Waals surface area contributed by atoms with Crippen molar-refractivity contribution in [1.82, 2.24) is 0 Å². The Labute approximate surface area is 83.6 Å². The van der Waals surface area contributed by atoms with E-state index in [9.17, 15) is 4.79 Å². The van der Waals surface area contributed by atoms with E-state index in [4.69, 9.17) is 19.7 Å². The normalized spacial score (nSPS) is 15.1. The lowest BCUT2D eigenvalue weighted by Gasteiger charge is -2.24. The lowest BCUT2D eigenvalue weighted by molar-refractivity contribution is -0.166. The Balaban J connectivity index is 4.03. The molecule has 0 spiro atoms. The molecule has 2 N–H and O–H groups in total. The Bertz CT molecular complexity index is 171. The highest BCUT2D eigenvalue weighted by Crippen LogP contribution is 2.16. The van der Waals surface area contributed by atoms with Crippen LogP contribution in [0.15, 0.2) is 0 Å². The van der Waals surface area contributed by atoms with Crippen LogP contribution in [0.2, 0.25) is 0 Å². The fourth-order valence-corrected chi connectivity index (χ4v) is 0.900. The molecule has 0 aliphatic rings. The molecule has 84 valence electrons. The number of carbonyl (C=O) groups is 1. The number of rotatable bonds is 8. The van der Waals surface area contributed by atoms with Crippen LogP contribution in [-0.2, 0) is 14.3 Å². The van der Waals surface area contributed by atoms with Crippen molar-refractivity contribution >= 4 is 5.97 Å². The first kappa shape index (κ1) is 13.4. The summed E-state index contributed by atoms with van der Waals surface area (Å²) >= 11 is 0. The van der Waals surface area contributed by atoms with Crippen LogP contribution in [-0.4, -0.2) is 48.7 Å². The Morgan fingerprint density at radius 2 is 2.07 bits per heavy atom. The molecule has 0 saturated carbocycles. The average Bonchev–Trinajstić information content (AvgIpc) is 2.15. The Morgan fingerprint density at radius 1 is 1.43 bits per heavy atom. The highest BCUT2D eigenvalue weighted by atomic mass is 16.5. The lowest BCUT2D eigenvalue weighted by Crippen LogP contribution is -2.39. The van der Waals surface area contributed by atoms with Gasteiger partial charge in [0.15, 0.2) is 5.60 Å². The van der Waals surface area contributed by atoms with E-state index in [0.717, 1.165) is 0 Å². The summed E-state index contributed by atoms with van der Waals surface area (Å²) in [6.45, 7) is 2.08. The van der Waals surface area contributed by atoms with Gasteiger partial charge in [0.2, 0.25) is 0 Å². The largest absolute Gasteiger partial charge is 0.479 e. The molecular formula is C9H18O5. The summed E-state index contributed by atoms with van der Waals surface area (Å²) in [5, 5.41) is 17.4. The maximum atomic E-state index is 10.9. The highest BCUT2D eigenvalue weighted by Gasteiger charge is 2.33. The molecule has 14 heavy (non-hydrogen) atoms. The van der Waals surface area contributed by atoms with Gasteiger partial charge >= 0.3 is 5.97 Å². The van der Waals surface area contributed by atoms with Gasteiger partial charge in [-0.3, -0.25) is 0 Å². The van der Waals surface area contributed by atoms with E-state index in [1.54, 1.807) is 0 Å². The maximum Gasteiger partial charge on any atom is 0.335 e. The second kappa shape index (κ2) is 6.75. The van der Waals surface area contributed by atoms with Crippen molar-refractivity contribution in [2.45, 2.75) is 25.4 Å². The number of hydrogen-bond acceptors (Lipinski definition) is 4. The van der Waals surface area contributed by atoms with E-state index in [0.29, 0.717) is 19.4 Å². The van der Waals surface area contributed by atoms with Crippen molar-refractivity contribution in [1.29, 1.82) is 0 Å². The summed E-state index contributed by atoms with van der Waals surface area (Å²) in [6.07, 6.45) is 0.736. The topological polar surface area (TPSA) is 76.0 Å². The third-order valence-electron chi connectivity index (χ3n) is 1.96. The molecule has 0 rings (SSSR count). The van der Waals surface area contributed by atoms with Crippen molar-refractivity contribution in [3.8, 4) is 0 Å². The third-order valence-corrected chi connectivity index (χ3v) is 1.96. The van der Waals surface area contributed by atoms with Crippen LogP contribution in [0.1, 0.15) is 19.8 Å². The van der Waals surface area contributed by atoms with Gasteiger partial charge in [-0.05, 0) is 13.3 Å². The number of ether oxygens (including phenoxy) is 2. The summed E-state index contributed by atoms with van der Waals surface area (Å²) < 4.78 is 10.00. The number of aliphatic carboxylic acids is 1. The minimum absolute atomic E-state index is 0.0000230. The van der Waals surface area contributed by atoms with Crippen molar-refractivity contribution in [2.75, 3.05) is 26.9 Å². The van der Waals surface area contributed by atoms with Gasteiger partial charge < -0.3 is 19.7 Å². The molecule has 1 unspecified atom stereocenters. The zero-order chi connectivity index (χ0) is 11.0. The minimum Gasteiger partial charge on any atom is -0.479 e. The lowest BCUT2D eigenvalue weighted by atomic mass is 10.0. The van der Waals surface area contributed by atoms with Gasteiger partial charge in [0.05, 0.1) is 6.61 Å². The van der Waals surface area contributed by atoms with Gasteiger partial charge in [-0.1, -0.05) is 0 Å². The van der Waals surface area contributed by atoms with Crippen LogP contribution in [0.4, 0.5) is 0 Å². The maximum absolute atomic E-state index is 10.9. The fourth-order valence-electron chi connectivity index (χ4n) is 0.900. The van der Waals surface area contributed by atoms with E-state index in [1.807, 2.05) is 0 Å². The van der Waals surface area contributed by atoms with E-state index < -0.39 is 11.6 Å². The predicted molar refractivity (Wildman–Crippen MR) is 50.2 cm³/mol. The molecule has 0 bridgehead atoms. The van der Waals surface area contributed by atoms with Crippen LogP contribution in [0.3, 0.4) is 0 Å². The Kier molecular flexibility index (Phi) is 6.44. The van der Waals surface area contributed by atoms with Crippen LogP contribution in [0.5, 0.6) is 0 Å². The molecule has 0 aromatic carbocycles. The van der Waals surface area contributed by atoms with Crippen molar-refractivity contribution in [3.05, 3.63) is 0 Å². The van der Waals surface area contributed by atoms with Crippen LogP contribution in [0, 0.1) is 0 Å². The van der Waals surface area contributed by atoms with Gasteiger partial charge in [-0.15, -0.1) is 0 Å². The van der Waals surface area contributed by atoms with Gasteiger partial charge in [0.25, 0.3) is 0 Å². The van der Waals surface area contributed by atoms with Gasteiger partial charge in [-0.25, -0.2) is 4.79 Å². The summed E-state index contributed by atoms with van der Waals surface area (Å²) in [6, 6.07) is 0. The van der Waals surface area contributed by atoms with E-state index in [1.165, 1.54) is 14.0 Å². The van der Waals surface area contributed by atoms with Crippen molar-refractivity contribution in [3.63, 3.8) is 0 Å². The molecule has 0 aromatic rings. The van der Waals surface area contributed by atoms with Crippen LogP contribution >= 0.6 is 0 Å². The first-order valence-electron chi connectivity index (χ1n) is 4.54. The zero-order valence-corrected chi connectivity index (χ0v) is 8.65. The van der Waals surface area contributed by atoms with Gasteiger partial charge in [-0.2, -0.15) is 0 Å². The van der Waals surface area contributed by atoms with E-state index in [2.05, 4.69) is 0 Å². The molecular weight excluding hydrogens is 188 g/mol. The third kappa shape index (κ3) is 4.55. The van der Waals surface area contributed by atoms with Crippen molar-refractivity contribution < 1.29 is 24.5 Å². The second-order valence-electron chi connectivity index (χ2n) is 3.20. The molecule has 0 fully saturated rings. The fraction of sp³-hybridized carbons (Fsp3) is 0.889. The number of aliphatic hydroxyl groups excluding tert-OH is 1. The highest BCUT2D eigenvalue weighted by molar-refractivity contribution is 5.76. The SMILES string of the molecule is COCCC(C)(OCCCO)C(=O)O. The van der Waals surface area contributed by atoms with Crippen molar-refractivity contribution in [2.24, 2.45) is 0 Å². The number of carboxylic acids is 1. The monoisotopic (exact) mass is 206 g/mol. The number of hydrogen-bond donors (Lipinski definition) is 2. The molecule has 0 heterocycles. The summed E-state index contributed by atoms with van der Waals surface area (Å²) in [5.74, 6) is -1.01. The van der Waals surface area contributed by atoms with E-state index in [-0.39, 0.29) is 13.2 Å². The molecule has 0 aliphatic heterocycles.